The van der Waals surface area contributed by atoms with Crippen LogP contribution in [0.2, 0.25) is 0 Å². The van der Waals surface area contributed by atoms with Crippen molar-refractivity contribution in [3.8, 4) is 11.5 Å². The second kappa shape index (κ2) is 7.82. The van der Waals surface area contributed by atoms with E-state index < -0.39 is 5.97 Å². The summed E-state index contributed by atoms with van der Waals surface area (Å²) >= 11 is 0. The minimum absolute atomic E-state index is 0.0549. The Morgan fingerprint density at radius 2 is 1.88 bits per heavy atom. The van der Waals surface area contributed by atoms with E-state index in [9.17, 15) is 9.59 Å². The molecular weight excluding hydrogens is 332 g/mol. The fourth-order valence-corrected chi connectivity index (χ4v) is 2.69. The molecule has 0 unspecified atom stereocenters. The molecule has 0 fully saturated rings. The van der Waals surface area contributed by atoms with E-state index in [1.165, 1.54) is 10.9 Å². The van der Waals surface area contributed by atoms with Crippen molar-refractivity contribution in [1.29, 1.82) is 0 Å². The van der Waals surface area contributed by atoms with Gasteiger partial charge in [0.05, 0.1) is 30.3 Å². The van der Waals surface area contributed by atoms with Gasteiger partial charge in [0.15, 0.2) is 11.5 Å². The number of ether oxygens (including phenoxy) is 2. The number of fused-ring (bicyclic) bond motifs is 1. The number of aryl methyl sites for hydroxylation is 2. The molecule has 0 aliphatic heterocycles. The molecule has 0 amide bonds. The van der Waals surface area contributed by atoms with E-state index in [2.05, 4.69) is 4.98 Å². The van der Waals surface area contributed by atoms with Crippen molar-refractivity contribution in [3.63, 3.8) is 0 Å². The maximum atomic E-state index is 12.5. The standard InChI is InChI=1S/C20H20N2O4/c1-3-25-16-9-4-5-10-17(16)26-18(23)11-12-22-13-21-19-14(2)7-6-8-15(19)20(22)24/h4-10,13H,3,11-12H2,1-2H3. The first-order chi connectivity index (χ1) is 12.6. The molecule has 0 radical (unpaired) electrons. The van der Waals surface area contributed by atoms with Gasteiger partial charge >= 0.3 is 5.97 Å². The van der Waals surface area contributed by atoms with Gasteiger partial charge in [-0.05, 0) is 37.6 Å². The summed E-state index contributed by atoms with van der Waals surface area (Å²) in [6, 6.07) is 12.5. The Morgan fingerprint density at radius 3 is 2.65 bits per heavy atom. The summed E-state index contributed by atoms with van der Waals surface area (Å²) in [6.07, 6.45) is 1.53. The molecule has 3 rings (SSSR count). The van der Waals surface area contributed by atoms with Crippen molar-refractivity contribution < 1.29 is 14.3 Å². The number of hydrogen-bond acceptors (Lipinski definition) is 5. The monoisotopic (exact) mass is 352 g/mol. The number of rotatable bonds is 6. The van der Waals surface area contributed by atoms with Crippen LogP contribution in [0, 0.1) is 6.92 Å². The van der Waals surface area contributed by atoms with Crippen molar-refractivity contribution in [2.45, 2.75) is 26.8 Å². The van der Waals surface area contributed by atoms with E-state index in [-0.39, 0.29) is 18.5 Å². The van der Waals surface area contributed by atoms with Gasteiger partial charge in [0.1, 0.15) is 0 Å². The lowest BCUT2D eigenvalue weighted by Crippen LogP contribution is -2.23. The third-order valence-corrected chi connectivity index (χ3v) is 3.98. The van der Waals surface area contributed by atoms with Crippen LogP contribution in [0.25, 0.3) is 10.9 Å². The molecular formula is C20H20N2O4. The number of hydrogen-bond donors (Lipinski definition) is 0. The van der Waals surface area contributed by atoms with E-state index >= 15 is 0 Å². The Bertz CT molecular complexity index is 995. The normalized spacial score (nSPS) is 10.7. The molecule has 0 saturated heterocycles. The summed E-state index contributed by atoms with van der Waals surface area (Å²) in [5.74, 6) is 0.454. The zero-order chi connectivity index (χ0) is 18.5. The van der Waals surface area contributed by atoms with Gasteiger partial charge < -0.3 is 9.47 Å². The van der Waals surface area contributed by atoms with E-state index in [1.54, 1.807) is 24.3 Å². The Morgan fingerprint density at radius 1 is 1.12 bits per heavy atom. The van der Waals surface area contributed by atoms with Gasteiger partial charge in [-0.25, -0.2) is 4.98 Å². The summed E-state index contributed by atoms with van der Waals surface area (Å²) in [5.41, 5.74) is 1.46. The molecule has 0 bridgehead atoms. The van der Waals surface area contributed by atoms with Crippen LogP contribution in [0.15, 0.2) is 53.6 Å². The molecule has 0 spiro atoms. The van der Waals surface area contributed by atoms with Gasteiger partial charge in [0, 0.05) is 6.54 Å². The van der Waals surface area contributed by atoms with Gasteiger partial charge in [-0.2, -0.15) is 0 Å². The number of benzene rings is 2. The molecule has 1 heterocycles. The maximum Gasteiger partial charge on any atom is 0.313 e. The molecule has 0 N–H and O–H groups in total. The highest BCUT2D eigenvalue weighted by atomic mass is 16.6. The van der Waals surface area contributed by atoms with Crippen LogP contribution in [0.1, 0.15) is 18.9 Å². The molecule has 26 heavy (non-hydrogen) atoms. The molecule has 0 atom stereocenters. The highest BCUT2D eigenvalue weighted by molar-refractivity contribution is 5.80. The van der Waals surface area contributed by atoms with Crippen LogP contribution in [0.3, 0.4) is 0 Å². The summed E-state index contributed by atoms with van der Waals surface area (Å²) in [6.45, 7) is 4.45. The van der Waals surface area contributed by atoms with Crippen molar-refractivity contribution in [2.75, 3.05) is 6.61 Å². The van der Waals surface area contributed by atoms with Crippen LogP contribution in [-0.4, -0.2) is 22.1 Å². The number of esters is 1. The first-order valence-electron chi connectivity index (χ1n) is 8.47. The minimum Gasteiger partial charge on any atom is -0.490 e. The number of carbonyl (C=O) groups excluding carboxylic acids is 1. The van der Waals surface area contributed by atoms with E-state index in [4.69, 9.17) is 9.47 Å². The van der Waals surface area contributed by atoms with Crippen molar-refractivity contribution in [1.82, 2.24) is 9.55 Å². The number of carbonyl (C=O) groups is 1. The van der Waals surface area contributed by atoms with Crippen LogP contribution in [-0.2, 0) is 11.3 Å². The molecule has 1 aromatic heterocycles. The number of aromatic nitrogens is 2. The van der Waals surface area contributed by atoms with Crippen molar-refractivity contribution in [2.24, 2.45) is 0 Å². The average Bonchev–Trinajstić information content (AvgIpc) is 2.64. The fourth-order valence-electron chi connectivity index (χ4n) is 2.69. The molecule has 134 valence electrons. The van der Waals surface area contributed by atoms with Crippen molar-refractivity contribution >= 4 is 16.9 Å². The lowest BCUT2D eigenvalue weighted by Gasteiger charge is -2.11. The van der Waals surface area contributed by atoms with E-state index in [0.717, 1.165) is 5.56 Å². The third-order valence-electron chi connectivity index (χ3n) is 3.98. The first-order valence-corrected chi connectivity index (χ1v) is 8.47. The topological polar surface area (TPSA) is 70.4 Å². The molecule has 6 nitrogen and oxygen atoms in total. The smallest absolute Gasteiger partial charge is 0.313 e. The lowest BCUT2D eigenvalue weighted by atomic mass is 10.1. The van der Waals surface area contributed by atoms with Crippen LogP contribution < -0.4 is 15.0 Å². The number of nitrogens with zero attached hydrogens (tertiary/aromatic N) is 2. The van der Waals surface area contributed by atoms with E-state index in [0.29, 0.717) is 29.0 Å². The predicted octanol–water partition coefficient (Wildman–Crippen LogP) is 3.10. The Labute approximate surface area is 151 Å². The fraction of sp³-hybridized carbons (Fsp3) is 0.250. The van der Waals surface area contributed by atoms with Gasteiger partial charge in [-0.15, -0.1) is 0 Å². The predicted molar refractivity (Wildman–Crippen MR) is 98.6 cm³/mol. The van der Waals surface area contributed by atoms with Crippen molar-refractivity contribution in [3.05, 3.63) is 64.7 Å². The van der Waals surface area contributed by atoms with Crippen LogP contribution in [0.5, 0.6) is 11.5 Å². The molecule has 0 aliphatic carbocycles. The zero-order valence-electron chi connectivity index (χ0n) is 14.8. The third kappa shape index (κ3) is 3.74. The first kappa shape index (κ1) is 17.7. The molecule has 2 aromatic carbocycles. The average molecular weight is 352 g/mol. The summed E-state index contributed by atoms with van der Waals surface area (Å²) in [4.78, 5) is 29.0. The van der Waals surface area contributed by atoms with Gasteiger partial charge in [0.25, 0.3) is 5.56 Å². The Balaban J connectivity index is 1.72. The van der Waals surface area contributed by atoms with Gasteiger partial charge in [-0.3, -0.25) is 14.2 Å². The van der Waals surface area contributed by atoms with Crippen LogP contribution >= 0.6 is 0 Å². The zero-order valence-corrected chi connectivity index (χ0v) is 14.8. The highest BCUT2D eigenvalue weighted by Crippen LogP contribution is 2.26. The second-order valence-electron chi connectivity index (χ2n) is 5.82. The molecule has 0 aliphatic rings. The number of para-hydroxylation sites is 3. The second-order valence-corrected chi connectivity index (χ2v) is 5.82. The minimum atomic E-state index is -0.437. The Kier molecular flexibility index (Phi) is 5.31. The van der Waals surface area contributed by atoms with E-state index in [1.807, 2.05) is 32.0 Å². The molecule has 3 aromatic rings. The Hall–Kier alpha value is -3.15. The summed E-state index contributed by atoms with van der Waals surface area (Å²) in [7, 11) is 0. The largest absolute Gasteiger partial charge is 0.490 e. The summed E-state index contributed by atoms with van der Waals surface area (Å²) in [5, 5.41) is 0.544. The van der Waals surface area contributed by atoms with Gasteiger partial charge in [-0.1, -0.05) is 24.3 Å². The lowest BCUT2D eigenvalue weighted by molar-refractivity contribution is -0.134. The molecule has 6 heteroatoms. The van der Waals surface area contributed by atoms with Crippen LogP contribution in [0.4, 0.5) is 0 Å². The highest BCUT2D eigenvalue weighted by Gasteiger charge is 2.11. The molecule has 0 saturated carbocycles. The summed E-state index contributed by atoms with van der Waals surface area (Å²) < 4.78 is 12.2. The van der Waals surface area contributed by atoms with Gasteiger partial charge in [0.2, 0.25) is 0 Å². The maximum absolute atomic E-state index is 12.5. The quantitative estimate of drug-likeness (QED) is 0.504. The SMILES string of the molecule is CCOc1ccccc1OC(=O)CCn1cnc2c(C)cccc2c1=O.